The molecule has 0 bridgehead atoms. The van der Waals surface area contributed by atoms with Crippen LogP contribution in [-0.2, 0) is 9.53 Å². The third-order valence-electron chi connectivity index (χ3n) is 4.91. The van der Waals surface area contributed by atoms with E-state index in [0.29, 0.717) is 18.6 Å². The lowest BCUT2D eigenvalue weighted by Crippen LogP contribution is -1.95. The van der Waals surface area contributed by atoms with E-state index < -0.39 is 5.97 Å². The Balaban J connectivity index is 1.74. The molecule has 1 saturated heterocycles. The van der Waals surface area contributed by atoms with E-state index in [2.05, 4.69) is 6.92 Å². The van der Waals surface area contributed by atoms with Crippen molar-refractivity contribution in [1.29, 1.82) is 0 Å². The highest BCUT2D eigenvalue weighted by Gasteiger charge is 2.36. The van der Waals surface area contributed by atoms with Gasteiger partial charge in [0.1, 0.15) is 0 Å². The van der Waals surface area contributed by atoms with E-state index in [1.807, 2.05) is 0 Å². The summed E-state index contributed by atoms with van der Waals surface area (Å²) >= 11 is 0. The Labute approximate surface area is 143 Å². The van der Waals surface area contributed by atoms with Gasteiger partial charge in [0.25, 0.3) is 0 Å². The maximum absolute atomic E-state index is 10.4. The molecule has 3 nitrogen and oxygen atoms in total. The van der Waals surface area contributed by atoms with E-state index in [0.717, 1.165) is 12.8 Å². The van der Waals surface area contributed by atoms with Gasteiger partial charge < -0.3 is 9.84 Å². The Bertz CT molecular complexity index is 291. The Morgan fingerprint density at radius 1 is 0.739 bits per heavy atom. The largest absolute Gasteiger partial charge is 0.481 e. The number of rotatable bonds is 17. The molecule has 1 rings (SSSR count). The number of hydrogen-bond acceptors (Lipinski definition) is 2. The summed E-state index contributed by atoms with van der Waals surface area (Å²) in [5, 5.41) is 8.56. The highest BCUT2D eigenvalue weighted by atomic mass is 16.6. The van der Waals surface area contributed by atoms with Crippen LogP contribution in [0.3, 0.4) is 0 Å². The number of ether oxygens (including phenoxy) is 1. The zero-order valence-electron chi connectivity index (χ0n) is 15.2. The molecule has 2 atom stereocenters. The molecule has 1 heterocycles. The second kappa shape index (κ2) is 13.8. The second-order valence-electron chi connectivity index (χ2n) is 7.18. The van der Waals surface area contributed by atoms with Crippen LogP contribution in [0.25, 0.3) is 0 Å². The first kappa shape index (κ1) is 20.5. The molecule has 0 amide bonds. The maximum atomic E-state index is 10.4. The SMILES string of the molecule is CCCCCCCC[C@H]1O[C@H]1CCCCCCCCCC(=O)O. The van der Waals surface area contributed by atoms with Crippen LogP contribution in [0.15, 0.2) is 0 Å². The van der Waals surface area contributed by atoms with Crippen LogP contribution < -0.4 is 0 Å². The summed E-state index contributed by atoms with van der Waals surface area (Å²) in [6.45, 7) is 2.27. The van der Waals surface area contributed by atoms with Crippen molar-refractivity contribution in [3.63, 3.8) is 0 Å². The van der Waals surface area contributed by atoms with Gasteiger partial charge in [-0.2, -0.15) is 0 Å². The summed E-state index contributed by atoms with van der Waals surface area (Å²) in [7, 11) is 0. The van der Waals surface area contributed by atoms with Gasteiger partial charge in [0.05, 0.1) is 12.2 Å². The van der Waals surface area contributed by atoms with Gasteiger partial charge in [-0.25, -0.2) is 0 Å². The molecule has 0 aliphatic carbocycles. The molecule has 1 aliphatic rings. The smallest absolute Gasteiger partial charge is 0.303 e. The zero-order chi connectivity index (χ0) is 16.8. The Morgan fingerprint density at radius 3 is 1.65 bits per heavy atom. The first-order valence-corrected chi connectivity index (χ1v) is 10.1. The van der Waals surface area contributed by atoms with Gasteiger partial charge in [-0.1, -0.05) is 84.0 Å². The van der Waals surface area contributed by atoms with Crippen LogP contribution in [0.4, 0.5) is 0 Å². The number of carboxylic acids is 1. The normalized spacial score (nSPS) is 19.9. The Kier molecular flexibility index (Phi) is 12.3. The molecule has 0 aromatic heterocycles. The fourth-order valence-corrected chi connectivity index (χ4v) is 3.32. The van der Waals surface area contributed by atoms with Crippen molar-refractivity contribution in [2.45, 2.75) is 122 Å². The van der Waals surface area contributed by atoms with Crippen molar-refractivity contribution in [3.05, 3.63) is 0 Å². The van der Waals surface area contributed by atoms with E-state index in [1.165, 1.54) is 83.5 Å². The van der Waals surface area contributed by atoms with Crippen molar-refractivity contribution in [2.24, 2.45) is 0 Å². The van der Waals surface area contributed by atoms with Gasteiger partial charge >= 0.3 is 5.97 Å². The number of hydrogen-bond donors (Lipinski definition) is 1. The molecule has 0 aromatic rings. The monoisotopic (exact) mass is 326 g/mol. The summed E-state index contributed by atoms with van der Waals surface area (Å²) in [6.07, 6.45) is 20.5. The summed E-state index contributed by atoms with van der Waals surface area (Å²) in [6, 6.07) is 0. The highest BCUT2D eigenvalue weighted by Crippen LogP contribution is 2.31. The number of epoxide rings is 1. The van der Waals surface area contributed by atoms with Crippen molar-refractivity contribution in [1.82, 2.24) is 0 Å². The van der Waals surface area contributed by atoms with Crippen molar-refractivity contribution < 1.29 is 14.6 Å². The molecule has 0 radical (unpaired) electrons. The highest BCUT2D eigenvalue weighted by molar-refractivity contribution is 5.66. The fourth-order valence-electron chi connectivity index (χ4n) is 3.32. The molecule has 0 spiro atoms. The predicted molar refractivity (Wildman–Crippen MR) is 95.8 cm³/mol. The number of carbonyl (C=O) groups is 1. The van der Waals surface area contributed by atoms with Gasteiger partial charge in [0, 0.05) is 6.42 Å². The second-order valence-corrected chi connectivity index (χ2v) is 7.18. The lowest BCUT2D eigenvalue weighted by molar-refractivity contribution is -0.137. The third kappa shape index (κ3) is 12.5. The molecule has 1 N–H and O–H groups in total. The summed E-state index contributed by atoms with van der Waals surface area (Å²) in [5.74, 6) is -0.662. The molecule has 23 heavy (non-hydrogen) atoms. The number of carboxylic acid groups (broad SMARTS) is 1. The average Bonchev–Trinajstić information content (AvgIpc) is 3.27. The maximum Gasteiger partial charge on any atom is 0.303 e. The van der Waals surface area contributed by atoms with E-state index in [9.17, 15) is 4.79 Å². The van der Waals surface area contributed by atoms with Crippen LogP contribution >= 0.6 is 0 Å². The molecule has 0 aromatic carbocycles. The van der Waals surface area contributed by atoms with Gasteiger partial charge in [0.2, 0.25) is 0 Å². The van der Waals surface area contributed by atoms with Gasteiger partial charge in [-0.15, -0.1) is 0 Å². The fraction of sp³-hybridized carbons (Fsp3) is 0.950. The van der Waals surface area contributed by atoms with E-state index in [1.54, 1.807) is 0 Å². The summed E-state index contributed by atoms with van der Waals surface area (Å²) in [5.41, 5.74) is 0. The molecule has 136 valence electrons. The molecular weight excluding hydrogens is 288 g/mol. The van der Waals surface area contributed by atoms with Gasteiger partial charge in [-0.05, 0) is 19.3 Å². The molecule has 0 saturated carbocycles. The first-order valence-electron chi connectivity index (χ1n) is 10.1. The number of unbranched alkanes of at least 4 members (excludes halogenated alkanes) is 11. The minimum Gasteiger partial charge on any atom is -0.481 e. The van der Waals surface area contributed by atoms with Crippen LogP contribution in [0, 0.1) is 0 Å². The number of aliphatic carboxylic acids is 1. The molecule has 3 heteroatoms. The van der Waals surface area contributed by atoms with Crippen molar-refractivity contribution in [2.75, 3.05) is 0 Å². The van der Waals surface area contributed by atoms with Crippen LogP contribution in [0.2, 0.25) is 0 Å². The molecular formula is C20H38O3. The summed E-state index contributed by atoms with van der Waals surface area (Å²) in [4.78, 5) is 10.4. The minimum absolute atomic E-state index is 0.332. The molecule has 1 aliphatic heterocycles. The van der Waals surface area contributed by atoms with Crippen LogP contribution in [0.1, 0.15) is 110 Å². The van der Waals surface area contributed by atoms with E-state index >= 15 is 0 Å². The minimum atomic E-state index is -0.662. The predicted octanol–water partition coefficient (Wildman–Crippen LogP) is 6.10. The Hall–Kier alpha value is -0.570. The van der Waals surface area contributed by atoms with Gasteiger partial charge in [-0.3, -0.25) is 4.79 Å². The Morgan fingerprint density at radius 2 is 1.17 bits per heavy atom. The molecule has 1 fully saturated rings. The lowest BCUT2D eigenvalue weighted by atomic mass is 10.0. The van der Waals surface area contributed by atoms with Crippen molar-refractivity contribution in [3.8, 4) is 0 Å². The first-order chi connectivity index (χ1) is 11.2. The third-order valence-corrected chi connectivity index (χ3v) is 4.91. The van der Waals surface area contributed by atoms with Crippen LogP contribution in [0.5, 0.6) is 0 Å². The average molecular weight is 327 g/mol. The van der Waals surface area contributed by atoms with Crippen LogP contribution in [-0.4, -0.2) is 23.3 Å². The van der Waals surface area contributed by atoms with Crippen molar-refractivity contribution >= 4 is 5.97 Å². The lowest BCUT2D eigenvalue weighted by Gasteiger charge is -2.01. The van der Waals surface area contributed by atoms with Gasteiger partial charge in [0.15, 0.2) is 0 Å². The molecule has 0 unspecified atom stereocenters. The quantitative estimate of drug-likeness (QED) is 0.259. The van der Waals surface area contributed by atoms with E-state index in [4.69, 9.17) is 9.84 Å². The zero-order valence-corrected chi connectivity index (χ0v) is 15.2. The standard InChI is InChI=1S/C20H38O3/c1-2-3-4-5-9-12-15-18-19(23-18)16-13-10-7-6-8-11-14-17-20(21)22/h18-19H,2-17H2,1H3,(H,21,22)/t18-,19+/m1/s1. The summed E-state index contributed by atoms with van der Waals surface area (Å²) < 4.78 is 5.77. The topological polar surface area (TPSA) is 49.8 Å². The van der Waals surface area contributed by atoms with E-state index in [-0.39, 0.29) is 0 Å².